The van der Waals surface area contributed by atoms with Crippen LogP contribution in [0.25, 0.3) is 16.4 Å². The van der Waals surface area contributed by atoms with Crippen molar-refractivity contribution >= 4 is 17.2 Å². The predicted octanol–water partition coefficient (Wildman–Crippen LogP) is 3.56. The highest BCUT2D eigenvalue weighted by Gasteiger charge is 2.26. The van der Waals surface area contributed by atoms with Gasteiger partial charge in [0.15, 0.2) is 0 Å². The monoisotopic (exact) mass is 448 g/mol. The summed E-state index contributed by atoms with van der Waals surface area (Å²) in [7, 11) is 0. The van der Waals surface area contributed by atoms with Gasteiger partial charge in [-0.25, -0.2) is 0 Å². The molecule has 8 nitrogen and oxygen atoms in total. The molecule has 1 saturated heterocycles. The molecule has 1 amide bonds. The molecule has 9 heteroatoms. The molecule has 1 fully saturated rings. The lowest BCUT2D eigenvalue weighted by Crippen LogP contribution is -2.48. The Hall–Kier alpha value is -3.30. The van der Waals surface area contributed by atoms with Gasteiger partial charge in [0.25, 0.3) is 5.91 Å². The number of piperazine rings is 1. The van der Waals surface area contributed by atoms with Gasteiger partial charge in [-0.2, -0.15) is 4.98 Å². The molecule has 5 heterocycles. The van der Waals surface area contributed by atoms with Gasteiger partial charge in [-0.15, -0.1) is 11.3 Å². The van der Waals surface area contributed by atoms with E-state index in [1.54, 1.807) is 17.5 Å². The van der Waals surface area contributed by atoms with Crippen molar-refractivity contribution in [2.24, 2.45) is 0 Å². The maximum atomic E-state index is 13.3. The number of nitrogens with zero attached hydrogens (tertiary/aromatic N) is 6. The Kier molecular flexibility index (Phi) is 5.59. The van der Waals surface area contributed by atoms with E-state index in [2.05, 4.69) is 24.6 Å². The lowest BCUT2D eigenvalue weighted by atomic mass is 10.2. The van der Waals surface area contributed by atoms with E-state index in [9.17, 15) is 4.79 Å². The number of aromatic nitrogens is 4. The van der Waals surface area contributed by atoms with Crippen LogP contribution in [0.2, 0.25) is 0 Å². The largest absolute Gasteiger partial charge is 0.338 e. The van der Waals surface area contributed by atoms with Crippen LogP contribution in [0, 0.1) is 13.8 Å². The fraction of sp³-hybridized carbons (Fsp3) is 0.304. The van der Waals surface area contributed by atoms with Gasteiger partial charge in [-0.1, -0.05) is 11.2 Å². The van der Waals surface area contributed by atoms with E-state index in [0.717, 1.165) is 40.6 Å². The summed E-state index contributed by atoms with van der Waals surface area (Å²) >= 11 is 1.59. The van der Waals surface area contributed by atoms with Crippen LogP contribution in [0.4, 0.5) is 0 Å². The van der Waals surface area contributed by atoms with Crippen LogP contribution < -0.4 is 0 Å². The van der Waals surface area contributed by atoms with Gasteiger partial charge in [0, 0.05) is 43.8 Å². The van der Waals surface area contributed by atoms with Crippen molar-refractivity contribution < 1.29 is 9.32 Å². The number of thiophene rings is 1. The molecule has 0 unspecified atom stereocenters. The van der Waals surface area contributed by atoms with Crippen molar-refractivity contribution in [3.8, 4) is 16.4 Å². The number of amides is 1. The third-order valence-electron chi connectivity index (χ3n) is 5.79. The number of carbonyl (C=O) groups is 1. The van der Waals surface area contributed by atoms with Crippen LogP contribution in [0.5, 0.6) is 0 Å². The third-order valence-corrected chi connectivity index (χ3v) is 6.66. The number of rotatable bonds is 5. The van der Waals surface area contributed by atoms with Crippen molar-refractivity contribution in [3.05, 3.63) is 70.9 Å². The Morgan fingerprint density at radius 1 is 1.16 bits per heavy atom. The molecule has 0 bridgehead atoms. The van der Waals surface area contributed by atoms with Crippen LogP contribution >= 0.6 is 11.3 Å². The molecule has 0 aromatic carbocycles. The standard InChI is InChI=1S/C23H24N6O2S/c1-16-13-19(17(2)29(16)18-5-3-7-24-14-18)23(30)28-10-8-27(9-11-28)15-21-25-22(26-31-21)20-6-4-12-32-20/h3-7,12-14H,8-11,15H2,1-2H3. The molecule has 0 atom stereocenters. The third kappa shape index (κ3) is 3.96. The highest BCUT2D eigenvalue weighted by atomic mass is 32.1. The summed E-state index contributed by atoms with van der Waals surface area (Å²) in [6.45, 7) is 7.47. The molecule has 0 saturated carbocycles. The van der Waals surface area contributed by atoms with Gasteiger partial charge < -0.3 is 14.0 Å². The molecule has 0 N–H and O–H groups in total. The summed E-state index contributed by atoms with van der Waals surface area (Å²) in [5.41, 5.74) is 3.68. The molecular formula is C23H24N6O2S. The molecule has 32 heavy (non-hydrogen) atoms. The quantitative estimate of drug-likeness (QED) is 0.464. The molecule has 4 aromatic heterocycles. The van der Waals surface area contributed by atoms with E-state index in [4.69, 9.17) is 4.52 Å². The van der Waals surface area contributed by atoms with E-state index in [1.165, 1.54) is 0 Å². The second kappa shape index (κ2) is 8.68. The SMILES string of the molecule is Cc1cc(C(=O)N2CCN(Cc3nc(-c4cccs4)no3)CC2)c(C)n1-c1cccnc1. The van der Waals surface area contributed by atoms with Crippen molar-refractivity contribution in [3.63, 3.8) is 0 Å². The van der Waals surface area contributed by atoms with E-state index < -0.39 is 0 Å². The second-order valence-electron chi connectivity index (χ2n) is 7.89. The average molecular weight is 449 g/mol. The van der Waals surface area contributed by atoms with Crippen molar-refractivity contribution in [1.82, 2.24) is 29.5 Å². The van der Waals surface area contributed by atoms with E-state index in [-0.39, 0.29) is 5.91 Å². The molecule has 1 aliphatic heterocycles. The fourth-order valence-electron chi connectivity index (χ4n) is 4.16. The highest BCUT2D eigenvalue weighted by Crippen LogP contribution is 2.23. The summed E-state index contributed by atoms with van der Waals surface area (Å²) in [4.78, 5) is 27.1. The number of pyridine rings is 1. The first-order valence-electron chi connectivity index (χ1n) is 10.6. The summed E-state index contributed by atoms with van der Waals surface area (Å²) in [6.07, 6.45) is 3.56. The van der Waals surface area contributed by atoms with Gasteiger partial charge in [-0.3, -0.25) is 14.7 Å². The normalized spacial score (nSPS) is 14.8. The maximum Gasteiger partial charge on any atom is 0.255 e. The van der Waals surface area contributed by atoms with Gasteiger partial charge in [0.1, 0.15) is 0 Å². The van der Waals surface area contributed by atoms with Crippen LogP contribution in [0.15, 0.2) is 52.6 Å². The molecule has 5 rings (SSSR count). The van der Waals surface area contributed by atoms with Gasteiger partial charge in [0.2, 0.25) is 11.7 Å². The summed E-state index contributed by atoms with van der Waals surface area (Å²) < 4.78 is 7.50. The maximum absolute atomic E-state index is 13.3. The Morgan fingerprint density at radius 3 is 2.72 bits per heavy atom. The Bertz CT molecular complexity index is 1210. The highest BCUT2D eigenvalue weighted by molar-refractivity contribution is 7.13. The minimum atomic E-state index is 0.0747. The number of aryl methyl sites for hydroxylation is 1. The Morgan fingerprint density at radius 2 is 2.00 bits per heavy atom. The molecule has 0 radical (unpaired) electrons. The summed E-state index contributed by atoms with van der Waals surface area (Å²) in [6, 6.07) is 9.83. The van der Waals surface area contributed by atoms with Crippen LogP contribution in [-0.4, -0.2) is 61.6 Å². The zero-order valence-corrected chi connectivity index (χ0v) is 18.9. The van der Waals surface area contributed by atoms with E-state index >= 15 is 0 Å². The summed E-state index contributed by atoms with van der Waals surface area (Å²) in [5, 5.41) is 6.07. The van der Waals surface area contributed by atoms with Crippen molar-refractivity contribution in [1.29, 1.82) is 0 Å². The molecule has 164 valence electrons. The lowest BCUT2D eigenvalue weighted by Gasteiger charge is -2.34. The van der Waals surface area contributed by atoms with Crippen LogP contribution in [0.1, 0.15) is 27.6 Å². The molecule has 1 aliphatic rings. The minimum absolute atomic E-state index is 0.0747. The van der Waals surface area contributed by atoms with Gasteiger partial charge >= 0.3 is 0 Å². The topological polar surface area (TPSA) is 80.3 Å². The zero-order chi connectivity index (χ0) is 22.1. The van der Waals surface area contributed by atoms with Crippen molar-refractivity contribution in [2.45, 2.75) is 20.4 Å². The predicted molar refractivity (Wildman–Crippen MR) is 122 cm³/mol. The van der Waals surface area contributed by atoms with Gasteiger partial charge in [0.05, 0.1) is 28.9 Å². The first-order valence-corrected chi connectivity index (χ1v) is 11.5. The number of hydrogen-bond acceptors (Lipinski definition) is 7. The van der Waals surface area contributed by atoms with E-state index in [0.29, 0.717) is 31.3 Å². The Balaban J connectivity index is 1.23. The van der Waals surface area contributed by atoms with Crippen LogP contribution in [0.3, 0.4) is 0 Å². The van der Waals surface area contributed by atoms with Crippen LogP contribution in [-0.2, 0) is 6.54 Å². The smallest absolute Gasteiger partial charge is 0.255 e. The second-order valence-corrected chi connectivity index (χ2v) is 8.84. The minimum Gasteiger partial charge on any atom is -0.338 e. The lowest BCUT2D eigenvalue weighted by molar-refractivity contribution is 0.0614. The molecular weight excluding hydrogens is 424 g/mol. The first-order chi connectivity index (χ1) is 15.6. The first kappa shape index (κ1) is 20.6. The molecule has 0 aliphatic carbocycles. The average Bonchev–Trinajstić information content (AvgIpc) is 3.55. The molecule has 4 aromatic rings. The van der Waals surface area contributed by atoms with Gasteiger partial charge in [-0.05, 0) is 43.5 Å². The van der Waals surface area contributed by atoms with Crippen molar-refractivity contribution in [2.75, 3.05) is 26.2 Å². The zero-order valence-electron chi connectivity index (χ0n) is 18.1. The Labute approximate surface area is 190 Å². The number of carbonyl (C=O) groups excluding carboxylic acids is 1. The van der Waals surface area contributed by atoms with E-state index in [1.807, 2.05) is 60.7 Å². The number of hydrogen-bond donors (Lipinski definition) is 0. The summed E-state index contributed by atoms with van der Waals surface area (Å²) in [5.74, 6) is 1.31. The fourth-order valence-corrected chi connectivity index (χ4v) is 4.81. The molecule has 0 spiro atoms.